The molecule has 0 fully saturated rings. The average Bonchev–Trinajstić information content (AvgIpc) is 3.31. The molecule has 4 aromatic rings. The Balaban J connectivity index is 1.51. The molecular weight excluding hydrogens is 493 g/mol. The fraction of sp³-hybridized carbons (Fsp3) is 0. The predicted molar refractivity (Wildman–Crippen MR) is 120 cm³/mol. The van der Waals surface area contributed by atoms with Crippen LogP contribution in [0.1, 0.15) is 9.67 Å². The van der Waals surface area contributed by atoms with Crippen molar-refractivity contribution in [3.8, 4) is 11.5 Å². The van der Waals surface area contributed by atoms with E-state index in [0.29, 0.717) is 21.9 Å². The second kappa shape index (κ2) is 7.75. The summed E-state index contributed by atoms with van der Waals surface area (Å²) in [4.78, 5) is 17.2. The van der Waals surface area contributed by atoms with Gasteiger partial charge in [0.05, 0.1) is 4.88 Å². The number of fused-ring (bicyclic) bond motifs is 1. The topological polar surface area (TPSA) is 67.2 Å². The number of rotatable bonds is 3. The number of thiocarbonyl (C=S) groups is 1. The van der Waals surface area contributed by atoms with Crippen molar-refractivity contribution >= 4 is 74.0 Å². The lowest BCUT2D eigenvalue weighted by Crippen LogP contribution is -2.33. The zero-order chi connectivity index (χ0) is 18.8. The number of hydrogen-bond acceptors (Lipinski definition) is 5. The van der Waals surface area contributed by atoms with E-state index >= 15 is 0 Å². The maximum atomic E-state index is 12.1. The maximum Gasteiger partial charge on any atom is 0.267 e. The molecule has 1 amide bonds. The molecule has 4 rings (SSSR count). The third kappa shape index (κ3) is 4.18. The van der Waals surface area contributed by atoms with E-state index in [4.69, 9.17) is 16.6 Å². The van der Waals surface area contributed by atoms with Gasteiger partial charge in [0, 0.05) is 14.8 Å². The summed E-state index contributed by atoms with van der Waals surface area (Å²) in [5, 5.41) is 7.74. The lowest BCUT2D eigenvalue weighted by molar-refractivity contribution is 0.0981. The molecule has 5 nitrogen and oxygen atoms in total. The summed E-state index contributed by atoms with van der Waals surface area (Å²) in [5.74, 6) is 0.334. The molecule has 2 heterocycles. The van der Waals surface area contributed by atoms with Crippen LogP contribution in [0.25, 0.3) is 22.6 Å². The molecule has 0 unspecified atom stereocenters. The van der Waals surface area contributed by atoms with Crippen LogP contribution in [0.2, 0.25) is 0 Å². The first-order chi connectivity index (χ1) is 13.1. The predicted octanol–water partition coefficient (Wildman–Crippen LogP) is 5.29. The number of carbonyl (C=O) groups is 1. The molecule has 0 aliphatic heterocycles. The number of anilines is 1. The Hall–Kier alpha value is -2.30. The Bertz CT molecular complexity index is 1140. The standard InChI is InChI=1S/C19H12IN3O2S2/c20-12-4-1-3-11(9-12)18-22-14-10-13(6-7-15(14)25-18)21-19(26)23-17(24)16-5-2-8-27-16/h1-10H,(H2,21,23,24,26). The first-order valence-corrected chi connectivity index (χ1v) is 10.3. The van der Waals surface area contributed by atoms with Crippen molar-refractivity contribution in [3.63, 3.8) is 0 Å². The van der Waals surface area contributed by atoms with Gasteiger partial charge in [-0.15, -0.1) is 11.3 Å². The molecule has 134 valence electrons. The summed E-state index contributed by atoms with van der Waals surface area (Å²) in [5.41, 5.74) is 3.04. The van der Waals surface area contributed by atoms with Crippen LogP contribution >= 0.6 is 46.1 Å². The van der Waals surface area contributed by atoms with Crippen LogP contribution < -0.4 is 10.6 Å². The Morgan fingerprint density at radius 3 is 2.81 bits per heavy atom. The number of amides is 1. The fourth-order valence-electron chi connectivity index (χ4n) is 2.48. The van der Waals surface area contributed by atoms with Gasteiger partial charge in [-0.1, -0.05) is 12.1 Å². The SMILES string of the molecule is O=C(NC(=S)Nc1ccc2oc(-c3cccc(I)c3)nc2c1)c1cccs1. The monoisotopic (exact) mass is 505 g/mol. The second-order valence-corrected chi connectivity index (χ2v) is 8.20. The first-order valence-electron chi connectivity index (χ1n) is 7.91. The van der Waals surface area contributed by atoms with Crippen molar-refractivity contribution in [2.45, 2.75) is 0 Å². The molecule has 0 atom stereocenters. The van der Waals surface area contributed by atoms with Crippen molar-refractivity contribution in [2.24, 2.45) is 0 Å². The van der Waals surface area contributed by atoms with E-state index in [-0.39, 0.29) is 11.0 Å². The summed E-state index contributed by atoms with van der Waals surface area (Å²) in [6.07, 6.45) is 0. The number of carbonyl (C=O) groups excluding carboxylic acids is 1. The molecule has 0 radical (unpaired) electrons. The quantitative estimate of drug-likeness (QED) is 0.293. The molecular formula is C19H12IN3O2S2. The van der Waals surface area contributed by atoms with Crippen molar-refractivity contribution in [3.05, 3.63) is 68.4 Å². The highest BCUT2D eigenvalue weighted by molar-refractivity contribution is 14.1. The van der Waals surface area contributed by atoms with Crippen LogP contribution in [0.5, 0.6) is 0 Å². The summed E-state index contributed by atoms with van der Waals surface area (Å²) < 4.78 is 6.95. The van der Waals surface area contributed by atoms with Crippen molar-refractivity contribution in [2.75, 3.05) is 5.32 Å². The molecule has 0 aliphatic rings. The first kappa shape index (κ1) is 18.1. The molecule has 2 N–H and O–H groups in total. The number of thiophene rings is 1. The van der Waals surface area contributed by atoms with Gasteiger partial charge in [0.25, 0.3) is 5.91 Å². The van der Waals surface area contributed by atoms with Gasteiger partial charge in [-0.2, -0.15) is 0 Å². The molecule has 0 saturated carbocycles. The van der Waals surface area contributed by atoms with Crippen LogP contribution in [0.3, 0.4) is 0 Å². The maximum absolute atomic E-state index is 12.1. The van der Waals surface area contributed by atoms with Gasteiger partial charge in [-0.25, -0.2) is 4.98 Å². The molecule has 2 aromatic carbocycles. The van der Waals surface area contributed by atoms with E-state index < -0.39 is 0 Å². The Morgan fingerprint density at radius 2 is 2.04 bits per heavy atom. The zero-order valence-electron chi connectivity index (χ0n) is 13.7. The van der Waals surface area contributed by atoms with Gasteiger partial charge in [0.2, 0.25) is 5.89 Å². The smallest absolute Gasteiger partial charge is 0.267 e. The number of oxazole rings is 1. The average molecular weight is 505 g/mol. The van der Waals surface area contributed by atoms with E-state index in [0.717, 1.165) is 14.8 Å². The van der Waals surface area contributed by atoms with Crippen molar-refractivity contribution in [1.29, 1.82) is 0 Å². The van der Waals surface area contributed by atoms with Gasteiger partial charge in [-0.3, -0.25) is 10.1 Å². The minimum atomic E-state index is -0.231. The van der Waals surface area contributed by atoms with Crippen LogP contribution in [0.15, 0.2) is 64.4 Å². The zero-order valence-corrected chi connectivity index (χ0v) is 17.5. The van der Waals surface area contributed by atoms with E-state index in [1.54, 1.807) is 6.07 Å². The van der Waals surface area contributed by atoms with Crippen LogP contribution in [-0.4, -0.2) is 16.0 Å². The number of nitrogens with zero attached hydrogens (tertiary/aromatic N) is 1. The minimum Gasteiger partial charge on any atom is -0.436 e. The van der Waals surface area contributed by atoms with Crippen molar-refractivity contribution in [1.82, 2.24) is 10.3 Å². The van der Waals surface area contributed by atoms with E-state index in [1.807, 2.05) is 53.9 Å². The molecule has 0 saturated heterocycles. The highest BCUT2D eigenvalue weighted by Crippen LogP contribution is 2.27. The summed E-state index contributed by atoms with van der Waals surface area (Å²) in [7, 11) is 0. The van der Waals surface area contributed by atoms with Crippen LogP contribution in [0.4, 0.5) is 5.69 Å². The van der Waals surface area contributed by atoms with Gasteiger partial charge >= 0.3 is 0 Å². The van der Waals surface area contributed by atoms with Gasteiger partial charge < -0.3 is 9.73 Å². The molecule has 0 spiro atoms. The van der Waals surface area contributed by atoms with Gasteiger partial charge in [0.1, 0.15) is 5.52 Å². The lowest BCUT2D eigenvalue weighted by Gasteiger charge is -2.08. The largest absolute Gasteiger partial charge is 0.436 e. The molecule has 27 heavy (non-hydrogen) atoms. The van der Waals surface area contributed by atoms with E-state index in [2.05, 4.69) is 38.2 Å². The molecule has 2 aromatic heterocycles. The highest BCUT2D eigenvalue weighted by atomic mass is 127. The molecule has 8 heteroatoms. The number of benzene rings is 2. The molecule has 0 bridgehead atoms. The summed E-state index contributed by atoms with van der Waals surface area (Å²) in [6, 6.07) is 17.0. The van der Waals surface area contributed by atoms with Gasteiger partial charge in [-0.05, 0) is 82.7 Å². The fourth-order valence-corrected chi connectivity index (χ4v) is 3.86. The summed E-state index contributed by atoms with van der Waals surface area (Å²) >= 11 is 8.84. The van der Waals surface area contributed by atoms with Crippen LogP contribution in [-0.2, 0) is 0 Å². The number of aromatic nitrogens is 1. The summed E-state index contributed by atoms with van der Waals surface area (Å²) in [6.45, 7) is 0. The Morgan fingerprint density at radius 1 is 1.15 bits per heavy atom. The Labute approximate surface area is 177 Å². The normalized spacial score (nSPS) is 10.7. The number of hydrogen-bond donors (Lipinski definition) is 2. The lowest BCUT2D eigenvalue weighted by atomic mass is 10.2. The van der Waals surface area contributed by atoms with E-state index in [9.17, 15) is 4.79 Å². The number of nitrogens with one attached hydrogen (secondary N) is 2. The number of halogens is 1. The molecule has 0 aliphatic carbocycles. The van der Waals surface area contributed by atoms with Crippen molar-refractivity contribution < 1.29 is 9.21 Å². The van der Waals surface area contributed by atoms with Gasteiger partial charge in [0.15, 0.2) is 10.7 Å². The highest BCUT2D eigenvalue weighted by Gasteiger charge is 2.11. The van der Waals surface area contributed by atoms with Crippen LogP contribution in [0, 0.1) is 3.57 Å². The second-order valence-electron chi connectivity index (χ2n) is 5.60. The third-order valence-electron chi connectivity index (χ3n) is 3.69. The third-order valence-corrected chi connectivity index (χ3v) is 5.43. The Kier molecular flexibility index (Phi) is 5.19. The minimum absolute atomic E-state index is 0.231. The van der Waals surface area contributed by atoms with E-state index in [1.165, 1.54) is 11.3 Å².